The molecule has 0 saturated heterocycles. The van der Waals surface area contributed by atoms with Crippen LogP contribution in [0.3, 0.4) is 0 Å². The Hall–Kier alpha value is -2.15. The van der Waals surface area contributed by atoms with Gasteiger partial charge in [-0.3, -0.25) is 10.1 Å². The fraction of sp³-hybridized carbons (Fsp3) is 0.167. The van der Waals surface area contributed by atoms with E-state index in [1.54, 1.807) is 6.92 Å². The minimum absolute atomic E-state index is 0.444. The van der Waals surface area contributed by atoms with Crippen molar-refractivity contribution in [1.82, 2.24) is 15.3 Å². The number of nitrogens with one attached hydrogen (secondary N) is 1. The molecule has 0 bridgehead atoms. The first-order chi connectivity index (χ1) is 9.08. The number of hydrogen-bond acceptors (Lipinski definition) is 5. The lowest BCUT2D eigenvalue weighted by atomic mass is 10.2. The summed E-state index contributed by atoms with van der Waals surface area (Å²) < 4.78 is 0. The van der Waals surface area contributed by atoms with E-state index >= 15 is 0 Å². The van der Waals surface area contributed by atoms with E-state index in [1.807, 2.05) is 29.6 Å². The lowest BCUT2D eigenvalue weighted by molar-refractivity contribution is -0.119. The van der Waals surface area contributed by atoms with Crippen molar-refractivity contribution in [2.45, 2.75) is 17.2 Å². The normalized spacial score (nSPS) is 12.1. The van der Waals surface area contributed by atoms with Gasteiger partial charge in [0, 0.05) is 5.39 Å². The molecular weight excluding hydrogens is 264 g/mol. The fourth-order valence-electron chi connectivity index (χ4n) is 1.52. The number of nitrogens with zero attached hydrogens (tertiary/aromatic N) is 2. The predicted octanol–water partition coefficient (Wildman–Crippen LogP) is 1.31. The number of primary amides is 1. The van der Waals surface area contributed by atoms with Crippen LogP contribution >= 0.6 is 11.8 Å². The van der Waals surface area contributed by atoms with Gasteiger partial charge in [0.2, 0.25) is 5.91 Å². The van der Waals surface area contributed by atoms with Gasteiger partial charge in [-0.25, -0.2) is 14.8 Å². The second-order valence-corrected chi connectivity index (χ2v) is 5.14. The highest BCUT2D eigenvalue weighted by Gasteiger charge is 2.17. The van der Waals surface area contributed by atoms with E-state index in [9.17, 15) is 9.59 Å². The molecule has 1 aromatic carbocycles. The van der Waals surface area contributed by atoms with E-state index in [-0.39, 0.29) is 0 Å². The number of nitrogens with two attached hydrogens (primary N) is 1. The summed E-state index contributed by atoms with van der Waals surface area (Å²) in [5.41, 5.74) is 5.72. The number of rotatable bonds is 3. The smallest absolute Gasteiger partial charge is 0.318 e. The van der Waals surface area contributed by atoms with E-state index in [2.05, 4.69) is 9.97 Å². The number of urea groups is 1. The number of imide groups is 1. The summed E-state index contributed by atoms with van der Waals surface area (Å²) in [5.74, 6) is -0.444. The number of amides is 3. The van der Waals surface area contributed by atoms with Gasteiger partial charge in [0.05, 0.1) is 10.8 Å². The predicted molar refractivity (Wildman–Crippen MR) is 72.6 cm³/mol. The highest BCUT2D eigenvalue weighted by molar-refractivity contribution is 8.00. The first kappa shape index (κ1) is 13.3. The summed E-state index contributed by atoms with van der Waals surface area (Å²) >= 11 is 1.25. The number of thioether (sulfide) groups is 1. The Bertz CT molecular complexity index is 627. The first-order valence-corrected chi connectivity index (χ1v) is 6.42. The van der Waals surface area contributed by atoms with Crippen molar-refractivity contribution >= 4 is 34.6 Å². The number of benzene rings is 1. The van der Waals surface area contributed by atoms with Crippen LogP contribution in [0.1, 0.15) is 6.92 Å². The van der Waals surface area contributed by atoms with E-state index in [0.717, 1.165) is 10.9 Å². The topological polar surface area (TPSA) is 98.0 Å². The molecule has 3 N–H and O–H groups in total. The van der Waals surface area contributed by atoms with E-state index in [0.29, 0.717) is 5.03 Å². The maximum atomic E-state index is 11.6. The van der Waals surface area contributed by atoms with Crippen molar-refractivity contribution in [1.29, 1.82) is 0 Å². The van der Waals surface area contributed by atoms with Crippen LogP contribution < -0.4 is 11.1 Å². The molecule has 0 fully saturated rings. The third-order valence-electron chi connectivity index (χ3n) is 2.41. The SMILES string of the molecule is C[C@H](Sc1ncnc2ccccc12)C(=O)NC(N)=O. The van der Waals surface area contributed by atoms with Crippen LogP contribution in [0.25, 0.3) is 10.9 Å². The van der Waals surface area contributed by atoms with Gasteiger partial charge in [0.25, 0.3) is 0 Å². The molecule has 0 saturated carbocycles. The number of fused-ring (bicyclic) bond motifs is 1. The Morgan fingerprint density at radius 2 is 2.05 bits per heavy atom. The third kappa shape index (κ3) is 3.19. The monoisotopic (exact) mass is 276 g/mol. The number of carbonyl (C=O) groups excluding carboxylic acids is 2. The maximum absolute atomic E-state index is 11.6. The number of hydrogen-bond donors (Lipinski definition) is 2. The summed E-state index contributed by atoms with van der Waals surface area (Å²) in [7, 11) is 0. The van der Waals surface area contributed by atoms with Crippen LogP contribution in [0.2, 0.25) is 0 Å². The fourth-order valence-corrected chi connectivity index (χ4v) is 2.43. The Balaban J connectivity index is 2.21. The Kier molecular flexibility index (Phi) is 3.96. The molecule has 2 rings (SSSR count). The van der Waals surface area contributed by atoms with Gasteiger partial charge in [0.15, 0.2) is 0 Å². The molecule has 0 spiro atoms. The summed E-state index contributed by atoms with van der Waals surface area (Å²) in [6.45, 7) is 1.68. The van der Waals surface area contributed by atoms with Crippen LogP contribution in [0.15, 0.2) is 35.6 Å². The lowest BCUT2D eigenvalue weighted by Gasteiger charge is -2.10. The highest BCUT2D eigenvalue weighted by Crippen LogP contribution is 2.27. The zero-order valence-electron chi connectivity index (χ0n) is 10.2. The van der Waals surface area contributed by atoms with E-state index in [4.69, 9.17) is 5.73 Å². The third-order valence-corrected chi connectivity index (χ3v) is 3.53. The van der Waals surface area contributed by atoms with Crippen molar-refractivity contribution < 1.29 is 9.59 Å². The van der Waals surface area contributed by atoms with Crippen LogP contribution in [0.5, 0.6) is 0 Å². The molecule has 6 nitrogen and oxygen atoms in total. The van der Waals surface area contributed by atoms with Gasteiger partial charge in [-0.1, -0.05) is 30.0 Å². The number of aromatic nitrogens is 2. The van der Waals surface area contributed by atoms with Crippen molar-refractivity contribution in [3.8, 4) is 0 Å². The molecule has 0 aliphatic heterocycles. The van der Waals surface area contributed by atoms with Crippen molar-refractivity contribution in [2.24, 2.45) is 5.73 Å². The summed E-state index contributed by atoms with van der Waals surface area (Å²) in [6, 6.07) is 6.66. The van der Waals surface area contributed by atoms with Gasteiger partial charge in [0.1, 0.15) is 11.4 Å². The summed E-state index contributed by atoms with van der Waals surface area (Å²) in [6.07, 6.45) is 1.45. The summed E-state index contributed by atoms with van der Waals surface area (Å²) in [4.78, 5) is 30.6. The zero-order chi connectivity index (χ0) is 13.8. The molecular formula is C12H12N4O2S. The molecule has 1 aromatic heterocycles. The molecule has 98 valence electrons. The maximum Gasteiger partial charge on any atom is 0.318 e. The average molecular weight is 276 g/mol. The second-order valence-electron chi connectivity index (χ2n) is 3.81. The molecule has 1 atom stereocenters. The van der Waals surface area contributed by atoms with Gasteiger partial charge in [-0.2, -0.15) is 0 Å². The highest BCUT2D eigenvalue weighted by atomic mass is 32.2. The van der Waals surface area contributed by atoms with Crippen LogP contribution in [-0.2, 0) is 4.79 Å². The van der Waals surface area contributed by atoms with Gasteiger partial charge in [-0.15, -0.1) is 0 Å². The van der Waals surface area contributed by atoms with Gasteiger partial charge >= 0.3 is 6.03 Å². The number of para-hydroxylation sites is 1. The van der Waals surface area contributed by atoms with Gasteiger partial charge < -0.3 is 5.73 Å². The molecule has 1 heterocycles. The number of carbonyl (C=O) groups is 2. The minimum Gasteiger partial charge on any atom is -0.351 e. The van der Waals surface area contributed by atoms with Crippen molar-refractivity contribution in [3.63, 3.8) is 0 Å². The zero-order valence-corrected chi connectivity index (χ0v) is 11.0. The second kappa shape index (κ2) is 5.66. The molecule has 19 heavy (non-hydrogen) atoms. The quantitative estimate of drug-likeness (QED) is 0.650. The van der Waals surface area contributed by atoms with E-state index in [1.165, 1.54) is 18.1 Å². The molecule has 0 unspecified atom stereocenters. The van der Waals surface area contributed by atoms with Crippen molar-refractivity contribution in [3.05, 3.63) is 30.6 Å². The molecule has 0 aliphatic rings. The molecule has 0 aliphatic carbocycles. The minimum atomic E-state index is -0.856. The van der Waals surface area contributed by atoms with E-state index < -0.39 is 17.2 Å². The molecule has 0 radical (unpaired) electrons. The first-order valence-electron chi connectivity index (χ1n) is 5.54. The molecule has 7 heteroatoms. The van der Waals surface area contributed by atoms with Crippen LogP contribution in [-0.4, -0.2) is 27.2 Å². The largest absolute Gasteiger partial charge is 0.351 e. The van der Waals surface area contributed by atoms with Crippen LogP contribution in [0.4, 0.5) is 4.79 Å². The van der Waals surface area contributed by atoms with Crippen LogP contribution in [0, 0.1) is 0 Å². The van der Waals surface area contributed by atoms with Crippen molar-refractivity contribution in [2.75, 3.05) is 0 Å². The summed E-state index contributed by atoms with van der Waals surface area (Å²) in [5, 5.41) is 3.13. The Labute approximate surface area is 113 Å². The lowest BCUT2D eigenvalue weighted by Crippen LogP contribution is -2.39. The average Bonchev–Trinajstić information content (AvgIpc) is 2.38. The molecule has 2 aromatic rings. The standard InChI is InChI=1S/C12H12N4O2S/c1-7(10(17)16-12(13)18)19-11-8-4-2-3-5-9(8)14-6-15-11/h2-7H,1H3,(H3,13,16,17,18)/t7-/m0/s1. The molecule has 3 amide bonds. The van der Waals surface area contributed by atoms with Gasteiger partial charge in [-0.05, 0) is 13.0 Å². The Morgan fingerprint density at radius 3 is 2.79 bits per heavy atom. The Morgan fingerprint density at radius 1 is 1.32 bits per heavy atom.